The third-order valence-electron chi connectivity index (χ3n) is 2.09. The number of halogens is 2. The van der Waals surface area contributed by atoms with Gasteiger partial charge in [-0.2, -0.15) is 0 Å². The molecular formula is C10H10Cl2N4. The van der Waals surface area contributed by atoms with E-state index in [2.05, 4.69) is 22.4 Å². The Morgan fingerprint density at radius 3 is 2.50 bits per heavy atom. The molecule has 0 spiro atoms. The SMILES string of the molecule is CCCn1nnnc1-c1cc(Cl)cc(Cl)c1. The van der Waals surface area contributed by atoms with Crippen molar-refractivity contribution in [1.29, 1.82) is 0 Å². The molecule has 0 unspecified atom stereocenters. The van der Waals surface area contributed by atoms with Gasteiger partial charge in [-0.15, -0.1) is 5.10 Å². The second-order valence-corrected chi connectivity index (χ2v) is 4.26. The maximum atomic E-state index is 5.93. The van der Waals surface area contributed by atoms with Crippen LogP contribution in [-0.4, -0.2) is 20.2 Å². The summed E-state index contributed by atoms with van der Waals surface area (Å²) in [6.07, 6.45) is 0.965. The molecule has 0 N–H and O–H groups in total. The molecule has 84 valence electrons. The summed E-state index contributed by atoms with van der Waals surface area (Å²) in [6.45, 7) is 2.84. The first-order valence-corrected chi connectivity index (χ1v) is 5.69. The quantitative estimate of drug-likeness (QED) is 0.848. The van der Waals surface area contributed by atoms with Crippen molar-refractivity contribution in [2.45, 2.75) is 19.9 Å². The van der Waals surface area contributed by atoms with Gasteiger partial charge in [0.05, 0.1) is 0 Å². The highest BCUT2D eigenvalue weighted by Gasteiger charge is 2.09. The maximum Gasteiger partial charge on any atom is 0.182 e. The van der Waals surface area contributed by atoms with E-state index in [0.717, 1.165) is 18.5 Å². The van der Waals surface area contributed by atoms with E-state index in [0.29, 0.717) is 15.9 Å². The Labute approximate surface area is 103 Å². The van der Waals surface area contributed by atoms with Crippen LogP contribution < -0.4 is 0 Å². The van der Waals surface area contributed by atoms with Crippen molar-refractivity contribution >= 4 is 23.2 Å². The largest absolute Gasteiger partial charge is 0.225 e. The molecule has 0 aliphatic heterocycles. The smallest absolute Gasteiger partial charge is 0.182 e. The molecule has 0 bridgehead atoms. The minimum atomic E-state index is 0.577. The van der Waals surface area contributed by atoms with Crippen LogP contribution in [0.4, 0.5) is 0 Å². The zero-order chi connectivity index (χ0) is 11.5. The predicted molar refractivity (Wildman–Crippen MR) is 63.6 cm³/mol. The summed E-state index contributed by atoms with van der Waals surface area (Å²) < 4.78 is 1.74. The normalized spacial score (nSPS) is 10.7. The predicted octanol–water partition coefficient (Wildman–Crippen LogP) is 3.06. The standard InChI is InChI=1S/C10H10Cl2N4/c1-2-3-16-10(13-14-15-16)7-4-8(11)6-9(12)5-7/h4-6H,2-3H2,1H3. The van der Waals surface area contributed by atoms with Gasteiger partial charge in [-0.1, -0.05) is 30.1 Å². The first-order valence-electron chi connectivity index (χ1n) is 4.93. The number of rotatable bonds is 3. The summed E-state index contributed by atoms with van der Waals surface area (Å²) in [6, 6.07) is 5.27. The highest BCUT2D eigenvalue weighted by atomic mass is 35.5. The third kappa shape index (κ3) is 2.33. The topological polar surface area (TPSA) is 43.6 Å². The summed E-state index contributed by atoms with van der Waals surface area (Å²) in [7, 11) is 0. The molecule has 1 heterocycles. The maximum absolute atomic E-state index is 5.93. The van der Waals surface area contributed by atoms with Crippen molar-refractivity contribution in [2.24, 2.45) is 0 Å². The van der Waals surface area contributed by atoms with Gasteiger partial charge in [0.2, 0.25) is 0 Å². The second-order valence-electron chi connectivity index (χ2n) is 3.38. The lowest BCUT2D eigenvalue weighted by Gasteiger charge is -2.03. The van der Waals surface area contributed by atoms with Gasteiger partial charge in [0, 0.05) is 22.2 Å². The van der Waals surface area contributed by atoms with Gasteiger partial charge in [0.1, 0.15) is 0 Å². The van der Waals surface area contributed by atoms with E-state index in [9.17, 15) is 0 Å². The van der Waals surface area contributed by atoms with Crippen LogP contribution in [0.25, 0.3) is 11.4 Å². The van der Waals surface area contributed by atoms with Crippen LogP contribution in [0.1, 0.15) is 13.3 Å². The van der Waals surface area contributed by atoms with Gasteiger partial charge in [0.25, 0.3) is 0 Å². The van der Waals surface area contributed by atoms with Crippen LogP contribution in [0.3, 0.4) is 0 Å². The van der Waals surface area contributed by atoms with Gasteiger partial charge in [-0.25, -0.2) is 4.68 Å². The second kappa shape index (κ2) is 4.80. The minimum Gasteiger partial charge on any atom is -0.225 e. The molecular weight excluding hydrogens is 247 g/mol. The van der Waals surface area contributed by atoms with Gasteiger partial charge in [-0.3, -0.25) is 0 Å². The molecule has 0 saturated heterocycles. The van der Waals surface area contributed by atoms with Crippen molar-refractivity contribution in [3.05, 3.63) is 28.2 Å². The van der Waals surface area contributed by atoms with Gasteiger partial charge < -0.3 is 0 Å². The van der Waals surface area contributed by atoms with Crippen molar-refractivity contribution < 1.29 is 0 Å². The average Bonchev–Trinajstić information content (AvgIpc) is 2.65. The summed E-state index contributed by atoms with van der Waals surface area (Å²) in [4.78, 5) is 0. The van der Waals surface area contributed by atoms with Crippen molar-refractivity contribution in [1.82, 2.24) is 20.2 Å². The Hall–Kier alpha value is -1.13. The highest BCUT2D eigenvalue weighted by Crippen LogP contribution is 2.25. The molecule has 0 amide bonds. The molecule has 0 radical (unpaired) electrons. The molecule has 0 saturated carbocycles. The Bertz CT molecular complexity index is 475. The number of benzene rings is 1. The van der Waals surface area contributed by atoms with Crippen molar-refractivity contribution in [3.8, 4) is 11.4 Å². The molecule has 0 atom stereocenters. The highest BCUT2D eigenvalue weighted by molar-refractivity contribution is 6.35. The fourth-order valence-corrected chi connectivity index (χ4v) is 1.98. The van der Waals surface area contributed by atoms with E-state index in [4.69, 9.17) is 23.2 Å². The monoisotopic (exact) mass is 256 g/mol. The van der Waals surface area contributed by atoms with E-state index in [1.165, 1.54) is 0 Å². The van der Waals surface area contributed by atoms with Gasteiger partial charge in [-0.05, 0) is 35.0 Å². The van der Waals surface area contributed by atoms with Gasteiger partial charge in [0.15, 0.2) is 5.82 Å². The molecule has 16 heavy (non-hydrogen) atoms. The molecule has 6 heteroatoms. The number of nitrogens with zero attached hydrogens (tertiary/aromatic N) is 4. The van der Waals surface area contributed by atoms with Crippen LogP contribution in [0, 0.1) is 0 Å². The van der Waals surface area contributed by atoms with Crippen LogP contribution >= 0.6 is 23.2 Å². The first kappa shape index (κ1) is 11.4. The molecule has 0 aliphatic rings. The molecule has 1 aromatic heterocycles. The first-order chi connectivity index (χ1) is 7.70. The van der Waals surface area contributed by atoms with Crippen LogP contribution in [0.2, 0.25) is 10.0 Å². The third-order valence-corrected chi connectivity index (χ3v) is 2.52. The fraction of sp³-hybridized carbons (Fsp3) is 0.300. The number of aromatic nitrogens is 4. The molecule has 0 aliphatic carbocycles. The van der Waals surface area contributed by atoms with E-state index in [1.807, 2.05) is 0 Å². The van der Waals surface area contributed by atoms with E-state index in [-0.39, 0.29) is 0 Å². The lowest BCUT2D eigenvalue weighted by atomic mass is 10.2. The van der Waals surface area contributed by atoms with Crippen LogP contribution in [0.15, 0.2) is 18.2 Å². The zero-order valence-corrected chi connectivity index (χ0v) is 10.2. The Morgan fingerprint density at radius 1 is 1.19 bits per heavy atom. The fourth-order valence-electron chi connectivity index (χ4n) is 1.46. The van der Waals surface area contributed by atoms with E-state index < -0.39 is 0 Å². The lowest BCUT2D eigenvalue weighted by Crippen LogP contribution is -2.01. The molecule has 2 aromatic rings. The molecule has 4 nitrogen and oxygen atoms in total. The lowest BCUT2D eigenvalue weighted by molar-refractivity contribution is 0.583. The number of tetrazole rings is 1. The molecule has 2 rings (SSSR count). The number of aryl methyl sites for hydroxylation is 1. The Morgan fingerprint density at radius 2 is 1.88 bits per heavy atom. The van der Waals surface area contributed by atoms with E-state index >= 15 is 0 Å². The van der Waals surface area contributed by atoms with Crippen LogP contribution in [-0.2, 0) is 6.54 Å². The van der Waals surface area contributed by atoms with Crippen molar-refractivity contribution in [3.63, 3.8) is 0 Å². The summed E-state index contributed by atoms with van der Waals surface area (Å²) in [5, 5.41) is 12.7. The average molecular weight is 257 g/mol. The number of hydrogen-bond donors (Lipinski definition) is 0. The van der Waals surface area contributed by atoms with Gasteiger partial charge >= 0.3 is 0 Å². The Balaban J connectivity index is 2.45. The number of hydrogen-bond acceptors (Lipinski definition) is 3. The molecule has 1 aromatic carbocycles. The summed E-state index contributed by atoms with van der Waals surface area (Å²) >= 11 is 11.9. The zero-order valence-electron chi connectivity index (χ0n) is 8.69. The van der Waals surface area contributed by atoms with Crippen molar-refractivity contribution in [2.75, 3.05) is 0 Å². The minimum absolute atomic E-state index is 0.577. The Kier molecular flexibility index (Phi) is 3.41. The van der Waals surface area contributed by atoms with E-state index in [1.54, 1.807) is 22.9 Å². The van der Waals surface area contributed by atoms with Crippen LogP contribution in [0.5, 0.6) is 0 Å². The summed E-state index contributed by atoms with van der Waals surface area (Å²) in [5.74, 6) is 0.686. The summed E-state index contributed by atoms with van der Waals surface area (Å²) in [5.41, 5.74) is 0.830. The molecule has 0 fully saturated rings.